The Balaban J connectivity index is 1.54. The predicted octanol–water partition coefficient (Wildman–Crippen LogP) is 2.62. The van der Waals surface area contributed by atoms with E-state index in [0.29, 0.717) is 41.6 Å². The molecule has 4 rings (SSSR count). The summed E-state index contributed by atoms with van der Waals surface area (Å²) in [7, 11) is -1.92. The lowest BCUT2D eigenvalue weighted by Crippen LogP contribution is -2.27. The number of sulfonamides is 1. The molecule has 1 N–H and O–H groups in total. The van der Waals surface area contributed by atoms with Crippen molar-refractivity contribution in [2.75, 3.05) is 25.5 Å². The maximum Gasteiger partial charge on any atom is 0.276 e. The van der Waals surface area contributed by atoms with Gasteiger partial charge in [-0.05, 0) is 68.3 Å². The minimum absolute atomic E-state index is 0.216. The van der Waals surface area contributed by atoms with Crippen LogP contribution in [0.25, 0.3) is 5.69 Å². The lowest BCUT2D eigenvalue weighted by Gasteiger charge is -2.15. The summed E-state index contributed by atoms with van der Waals surface area (Å²) >= 11 is 0. The van der Waals surface area contributed by atoms with Crippen molar-refractivity contribution in [2.45, 2.75) is 24.7 Å². The molecule has 0 bridgehead atoms. The highest BCUT2D eigenvalue weighted by Gasteiger charge is 2.27. The van der Waals surface area contributed by atoms with Gasteiger partial charge in [0, 0.05) is 18.8 Å². The molecule has 1 aromatic heterocycles. The summed E-state index contributed by atoms with van der Waals surface area (Å²) in [6.07, 6.45) is 1.76. The average Bonchev–Trinajstić information content (AvgIpc) is 3.45. The molecule has 9 nitrogen and oxygen atoms in total. The Labute approximate surface area is 180 Å². The number of nitrogens with one attached hydrogen (secondary N) is 1. The third-order valence-electron chi connectivity index (χ3n) is 5.19. The van der Waals surface area contributed by atoms with Gasteiger partial charge in [0.05, 0.1) is 23.4 Å². The van der Waals surface area contributed by atoms with Gasteiger partial charge in [-0.2, -0.15) is 4.31 Å². The zero-order chi connectivity index (χ0) is 22.0. The van der Waals surface area contributed by atoms with E-state index >= 15 is 0 Å². The van der Waals surface area contributed by atoms with Gasteiger partial charge in [0.25, 0.3) is 5.91 Å². The Hall–Kier alpha value is -3.24. The number of carbonyl (C=O) groups is 1. The molecule has 2 aromatic carbocycles. The fourth-order valence-corrected chi connectivity index (χ4v) is 5.02. The number of aryl methyl sites for hydroxylation is 1. The van der Waals surface area contributed by atoms with E-state index < -0.39 is 15.9 Å². The molecule has 3 aromatic rings. The molecule has 1 amide bonds. The van der Waals surface area contributed by atoms with Gasteiger partial charge >= 0.3 is 0 Å². The first-order valence-electron chi connectivity index (χ1n) is 9.88. The van der Waals surface area contributed by atoms with Crippen LogP contribution in [0.3, 0.4) is 0 Å². The highest BCUT2D eigenvalue weighted by molar-refractivity contribution is 7.89. The lowest BCUT2D eigenvalue weighted by molar-refractivity contribution is 0.101. The number of ether oxygens (including phenoxy) is 1. The van der Waals surface area contributed by atoms with E-state index in [2.05, 4.69) is 15.6 Å². The molecule has 0 aliphatic carbocycles. The Morgan fingerprint density at radius 1 is 1.03 bits per heavy atom. The summed E-state index contributed by atoms with van der Waals surface area (Å²) in [5, 5.41) is 10.9. The first kappa shape index (κ1) is 21.0. The zero-order valence-corrected chi connectivity index (χ0v) is 18.1. The summed E-state index contributed by atoms with van der Waals surface area (Å²) in [6.45, 7) is 2.79. The molecule has 162 valence electrons. The van der Waals surface area contributed by atoms with Gasteiger partial charge in [-0.15, -0.1) is 5.10 Å². The van der Waals surface area contributed by atoms with Gasteiger partial charge in [-0.25, -0.2) is 13.1 Å². The Bertz CT molecular complexity index is 1180. The SMILES string of the molecule is COc1ccc(-n2nnc(C)c2C(=O)Nc2ccc(S(=O)(=O)N3CCCC3)cc2)cc1. The number of methoxy groups -OCH3 is 1. The smallest absolute Gasteiger partial charge is 0.276 e. The molecule has 0 spiro atoms. The quantitative estimate of drug-likeness (QED) is 0.630. The molecule has 0 saturated carbocycles. The Morgan fingerprint density at radius 3 is 2.29 bits per heavy atom. The fraction of sp³-hybridized carbons (Fsp3) is 0.286. The summed E-state index contributed by atoms with van der Waals surface area (Å²) in [5.41, 5.74) is 1.91. The summed E-state index contributed by atoms with van der Waals surface area (Å²) in [4.78, 5) is 13.2. The van der Waals surface area contributed by atoms with Crippen molar-refractivity contribution in [3.63, 3.8) is 0 Å². The number of hydrogen-bond acceptors (Lipinski definition) is 6. The van der Waals surface area contributed by atoms with Crippen LogP contribution in [-0.2, 0) is 10.0 Å². The van der Waals surface area contributed by atoms with Gasteiger partial charge in [0.15, 0.2) is 5.69 Å². The third kappa shape index (κ3) is 4.17. The molecule has 1 aliphatic rings. The second kappa shape index (κ2) is 8.48. The van der Waals surface area contributed by atoms with Crippen LogP contribution < -0.4 is 10.1 Å². The molecule has 0 atom stereocenters. The maximum absolute atomic E-state index is 12.9. The second-order valence-electron chi connectivity index (χ2n) is 7.22. The molecule has 10 heteroatoms. The van der Waals surface area contributed by atoms with Crippen LogP contribution in [0.5, 0.6) is 5.75 Å². The lowest BCUT2D eigenvalue weighted by atomic mass is 10.2. The van der Waals surface area contributed by atoms with Crippen LogP contribution in [0.1, 0.15) is 29.0 Å². The molecule has 1 aliphatic heterocycles. The minimum atomic E-state index is -3.50. The summed E-state index contributed by atoms with van der Waals surface area (Å²) in [5.74, 6) is 0.295. The van der Waals surface area contributed by atoms with Gasteiger partial charge in [0.2, 0.25) is 10.0 Å². The molecule has 0 unspecified atom stereocenters. The van der Waals surface area contributed by atoms with Crippen molar-refractivity contribution in [3.8, 4) is 11.4 Å². The highest BCUT2D eigenvalue weighted by atomic mass is 32.2. The Morgan fingerprint density at radius 2 is 1.68 bits per heavy atom. The van der Waals surface area contributed by atoms with Gasteiger partial charge < -0.3 is 10.1 Å². The van der Waals surface area contributed by atoms with Gasteiger partial charge in [-0.1, -0.05) is 5.21 Å². The topological polar surface area (TPSA) is 106 Å². The Kier molecular flexibility index (Phi) is 5.75. The first-order chi connectivity index (χ1) is 14.9. The van der Waals surface area contributed by atoms with E-state index in [1.807, 2.05) is 0 Å². The number of benzene rings is 2. The molecule has 1 fully saturated rings. The van der Waals surface area contributed by atoms with Crippen molar-refractivity contribution < 1.29 is 17.9 Å². The average molecular weight is 442 g/mol. The van der Waals surface area contributed by atoms with Crippen LogP contribution in [0, 0.1) is 6.92 Å². The van der Waals surface area contributed by atoms with Crippen molar-refractivity contribution in [3.05, 3.63) is 59.9 Å². The number of amides is 1. The molecule has 2 heterocycles. The van der Waals surface area contributed by atoms with Crippen molar-refractivity contribution >= 4 is 21.6 Å². The van der Waals surface area contributed by atoms with Gasteiger partial charge in [-0.3, -0.25) is 4.79 Å². The van der Waals surface area contributed by atoms with Crippen LogP contribution in [0.15, 0.2) is 53.4 Å². The molecular weight excluding hydrogens is 418 g/mol. The van der Waals surface area contributed by atoms with Crippen molar-refractivity contribution in [2.24, 2.45) is 0 Å². The zero-order valence-electron chi connectivity index (χ0n) is 17.3. The van der Waals surface area contributed by atoms with E-state index in [4.69, 9.17) is 4.74 Å². The van der Waals surface area contributed by atoms with Crippen LogP contribution in [0.2, 0.25) is 0 Å². The summed E-state index contributed by atoms with van der Waals surface area (Å²) < 4.78 is 33.4. The normalized spacial score (nSPS) is 14.5. The molecule has 1 saturated heterocycles. The largest absolute Gasteiger partial charge is 0.497 e. The van der Waals surface area contributed by atoms with Crippen LogP contribution in [-0.4, -0.2) is 53.8 Å². The fourth-order valence-electron chi connectivity index (χ4n) is 3.50. The van der Waals surface area contributed by atoms with Crippen molar-refractivity contribution in [1.82, 2.24) is 19.3 Å². The molecule has 31 heavy (non-hydrogen) atoms. The number of rotatable bonds is 6. The van der Waals surface area contributed by atoms with Crippen LogP contribution >= 0.6 is 0 Å². The van der Waals surface area contributed by atoms with Gasteiger partial charge in [0.1, 0.15) is 5.75 Å². The summed E-state index contributed by atoms with van der Waals surface area (Å²) in [6, 6.07) is 13.3. The first-order valence-corrected chi connectivity index (χ1v) is 11.3. The van der Waals surface area contributed by atoms with E-state index in [1.54, 1.807) is 50.4 Å². The number of hydrogen-bond donors (Lipinski definition) is 1. The van der Waals surface area contributed by atoms with E-state index in [1.165, 1.54) is 21.1 Å². The number of anilines is 1. The van der Waals surface area contributed by atoms with E-state index in [-0.39, 0.29) is 4.90 Å². The number of nitrogens with zero attached hydrogens (tertiary/aromatic N) is 4. The molecular formula is C21H23N5O4S. The monoisotopic (exact) mass is 441 g/mol. The number of carbonyl (C=O) groups excluding carboxylic acids is 1. The van der Waals surface area contributed by atoms with E-state index in [9.17, 15) is 13.2 Å². The van der Waals surface area contributed by atoms with Crippen LogP contribution in [0.4, 0.5) is 5.69 Å². The maximum atomic E-state index is 12.9. The predicted molar refractivity (Wildman–Crippen MR) is 115 cm³/mol. The molecule has 0 radical (unpaired) electrons. The second-order valence-corrected chi connectivity index (χ2v) is 9.16. The van der Waals surface area contributed by atoms with Crippen molar-refractivity contribution in [1.29, 1.82) is 0 Å². The highest BCUT2D eigenvalue weighted by Crippen LogP contribution is 2.23. The number of aromatic nitrogens is 3. The standard InChI is InChI=1S/C21H23N5O4S/c1-15-20(26(24-23-15)17-7-9-18(30-2)10-8-17)21(27)22-16-5-11-19(12-6-16)31(28,29)25-13-3-4-14-25/h5-12H,3-4,13-14H2,1-2H3,(H,22,27). The minimum Gasteiger partial charge on any atom is -0.497 e. The van der Waals surface area contributed by atoms with E-state index in [0.717, 1.165) is 12.8 Å². The third-order valence-corrected chi connectivity index (χ3v) is 7.10.